The highest BCUT2D eigenvalue weighted by atomic mass is 32.1. The number of carbonyl (C=O) groups excluding carboxylic acids is 1. The smallest absolute Gasteiger partial charge is 0.348 e. The van der Waals surface area contributed by atoms with Crippen LogP contribution in [0.15, 0.2) is 11.4 Å². The van der Waals surface area contributed by atoms with Crippen LogP contribution in [0.25, 0.3) is 0 Å². The van der Waals surface area contributed by atoms with Crippen molar-refractivity contribution in [3.05, 3.63) is 21.9 Å². The predicted octanol–water partition coefficient (Wildman–Crippen LogP) is 2.53. The largest absolute Gasteiger partial charge is 0.460 e. The first-order valence-electron chi connectivity index (χ1n) is 5.87. The Morgan fingerprint density at radius 1 is 1.61 bits per heavy atom. The molecule has 0 aromatic carbocycles. The van der Waals surface area contributed by atoms with Gasteiger partial charge in [0.15, 0.2) is 0 Å². The quantitative estimate of drug-likeness (QED) is 0.788. The van der Waals surface area contributed by atoms with Gasteiger partial charge < -0.3 is 9.47 Å². The lowest BCUT2D eigenvalue weighted by Crippen LogP contribution is -2.33. The van der Waals surface area contributed by atoms with Crippen molar-refractivity contribution in [1.29, 1.82) is 5.26 Å². The molecule has 2 heterocycles. The van der Waals surface area contributed by atoms with E-state index < -0.39 is 5.41 Å². The van der Waals surface area contributed by atoms with Crippen molar-refractivity contribution in [3.63, 3.8) is 0 Å². The molecule has 0 amide bonds. The molecule has 1 saturated heterocycles. The monoisotopic (exact) mass is 265 g/mol. The average molecular weight is 265 g/mol. The van der Waals surface area contributed by atoms with E-state index in [1.165, 1.54) is 11.3 Å². The molecule has 1 aromatic rings. The summed E-state index contributed by atoms with van der Waals surface area (Å²) in [6.45, 7) is 3.15. The summed E-state index contributed by atoms with van der Waals surface area (Å²) in [7, 11) is 0. The van der Waals surface area contributed by atoms with Crippen molar-refractivity contribution < 1.29 is 14.3 Å². The highest BCUT2D eigenvalue weighted by Gasteiger charge is 2.34. The number of hydrogen-bond acceptors (Lipinski definition) is 5. The van der Waals surface area contributed by atoms with Gasteiger partial charge in [-0.05, 0) is 36.8 Å². The van der Waals surface area contributed by atoms with Crippen LogP contribution in [0.5, 0.6) is 0 Å². The number of rotatable bonds is 3. The van der Waals surface area contributed by atoms with Crippen LogP contribution in [-0.4, -0.2) is 25.8 Å². The number of hydrogen-bond donors (Lipinski definition) is 0. The molecule has 5 heteroatoms. The third-order valence-electron chi connectivity index (χ3n) is 3.21. The molecule has 0 unspecified atom stereocenters. The molecule has 1 aliphatic heterocycles. The maximum atomic E-state index is 11.9. The third kappa shape index (κ3) is 2.71. The lowest BCUT2D eigenvalue weighted by molar-refractivity contribution is -0.00444. The highest BCUT2D eigenvalue weighted by Crippen LogP contribution is 2.30. The average Bonchev–Trinajstić information content (AvgIpc) is 2.83. The number of thiophene rings is 1. The van der Waals surface area contributed by atoms with Crippen molar-refractivity contribution in [2.24, 2.45) is 5.41 Å². The number of nitriles is 1. The summed E-state index contributed by atoms with van der Waals surface area (Å²) >= 11 is 1.37. The van der Waals surface area contributed by atoms with Crippen LogP contribution in [0, 0.1) is 23.7 Å². The highest BCUT2D eigenvalue weighted by molar-refractivity contribution is 7.12. The van der Waals surface area contributed by atoms with E-state index in [-0.39, 0.29) is 12.6 Å². The molecule has 0 radical (unpaired) electrons. The van der Waals surface area contributed by atoms with Gasteiger partial charge in [-0.3, -0.25) is 0 Å². The van der Waals surface area contributed by atoms with E-state index in [4.69, 9.17) is 9.47 Å². The van der Waals surface area contributed by atoms with Crippen LogP contribution in [0.2, 0.25) is 0 Å². The molecule has 18 heavy (non-hydrogen) atoms. The van der Waals surface area contributed by atoms with E-state index >= 15 is 0 Å². The van der Waals surface area contributed by atoms with E-state index in [9.17, 15) is 10.1 Å². The number of aryl methyl sites for hydroxylation is 1. The second-order valence-electron chi connectivity index (χ2n) is 4.51. The van der Waals surface area contributed by atoms with Gasteiger partial charge >= 0.3 is 5.97 Å². The Morgan fingerprint density at radius 2 is 2.33 bits per heavy atom. The van der Waals surface area contributed by atoms with Crippen molar-refractivity contribution >= 4 is 17.3 Å². The normalized spacial score (nSPS) is 18.0. The lowest BCUT2D eigenvalue weighted by Gasteiger charge is -2.29. The van der Waals surface area contributed by atoms with Gasteiger partial charge in [0, 0.05) is 13.2 Å². The Labute approximate surface area is 110 Å². The topological polar surface area (TPSA) is 59.3 Å². The molecule has 1 aromatic heterocycles. The van der Waals surface area contributed by atoms with Crippen molar-refractivity contribution in [3.8, 4) is 6.07 Å². The number of esters is 1. The fourth-order valence-corrected chi connectivity index (χ4v) is 2.72. The minimum atomic E-state index is -0.570. The van der Waals surface area contributed by atoms with E-state index in [1.807, 2.05) is 18.4 Å². The molecule has 0 aliphatic carbocycles. The van der Waals surface area contributed by atoms with Gasteiger partial charge in [-0.25, -0.2) is 4.79 Å². The van der Waals surface area contributed by atoms with Crippen molar-refractivity contribution in [2.45, 2.75) is 19.8 Å². The predicted molar refractivity (Wildman–Crippen MR) is 67.4 cm³/mol. The molecule has 0 atom stereocenters. The minimum Gasteiger partial charge on any atom is -0.460 e. The van der Waals surface area contributed by atoms with Crippen molar-refractivity contribution in [2.75, 3.05) is 19.8 Å². The third-order valence-corrected chi connectivity index (χ3v) is 4.21. The molecule has 2 rings (SSSR count). The second kappa shape index (κ2) is 5.51. The van der Waals surface area contributed by atoms with E-state index in [1.54, 1.807) is 0 Å². The second-order valence-corrected chi connectivity index (χ2v) is 5.43. The number of carbonyl (C=O) groups is 1. The van der Waals surface area contributed by atoms with Crippen molar-refractivity contribution in [1.82, 2.24) is 0 Å². The van der Waals surface area contributed by atoms with Gasteiger partial charge in [0.25, 0.3) is 0 Å². The standard InChI is InChI=1S/C13H15NO3S/c1-10-2-7-18-11(10)12(15)17-9-13(8-14)3-5-16-6-4-13/h2,7H,3-6,9H2,1H3. The Balaban J connectivity index is 1.97. The Morgan fingerprint density at radius 3 is 2.89 bits per heavy atom. The van der Waals surface area contributed by atoms with Crippen LogP contribution in [0.4, 0.5) is 0 Å². The molecule has 1 aliphatic rings. The Bertz CT molecular complexity index is 469. The fourth-order valence-electron chi connectivity index (χ4n) is 1.90. The van der Waals surface area contributed by atoms with Gasteiger partial charge in [0.2, 0.25) is 0 Å². The molecule has 0 saturated carbocycles. The van der Waals surface area contributed by atoms with Crippen LogP contribution in [0.1, 0.15) is 28.1 Å². The molecule has 0 spiro atoms. The summed E-state index contributed by atoms with van der Waals surface area (Å²) in [5.74, 6) is -0.330. The first-order chi connectivity index (χ1) is 8.67. The molecule has 96 valence electrons. The molecule has 0 bridgehead atoms. The van der Waals surface area contributed by atoms with Crippen LogP contribution >= 0.6 is 11.3 Å². The van der Waals surface area contributed by atoms with Crippen LogP contribution in [-0.2, 0) is 9.47 Å². The first-order valence-corrected chi connectivity index (χ1v) is 6.75. The summed E-state index contributed by atoms with van der Waals surface area (Å²) in [4.78, 5) is 12.5. The van der Waals surface area contributed by atoms with Gasteiger partial charge in [-0.15, -0.1) is 11.3 Å². The van der Waals surface area contributed by atoms with E-state index in [0.717, 1.165) is 5.56 Å². The SMILES string of the molecule is Cc1ccsc1C(=O)OCC1(C#N)CCOCC1. The molecular formula is C13H15NO3S. The minimum absolute atomic E-state index is 0.156. The first kappa shape index (κ1) is 13.1. The van der Waals surface area contributed by atoms with Gasteiger partial charge in [-0.2, -0.15) is 5.26 Å². The van der Waals surface area contributed by atoms with Crippen LogP contribution in [0.3, 0.4) is 0 Å². The summed E-state index contributed by atoms with van der Waals surface area (Å²) in [6.07, 6.45) is 1.25. The lowest BCUT2D eigenvalue weighted by atomic mass is 9.83. The van der Waals surface area contributed by atoms with Crippen LogP contribution < -0.4 is 0 Å². The van der Waals surface area contributed by atoms with Gasteiger partial charge in [0.05, 0.1) is 11.5 Å². The van der Waals surface area contributed by atoms with Gasteiger partial charge in [0.1, 0.15) is 11.5 Å². The Hall–Kier alpha value is -1.38. The molecule has 1 fully saturated rings. The zero-order valence-electron chi connectivity index (χ0n) is 10.3. The fraction of sp³-hybridized carbons (Fsp3) is 0.538. The summed E-state index contributed by atoms with van der Waals surface area (Å²) in [5.41, 5.74) is 0.349. The number of nitrogens with zero attached hydrogens (tertiary/aromatic N) is 1. The van der Waals surface area contributed by atoms with E-state index in [2.05, 4.69) is 6.07 Å². The Kier molecular flexibility index (Phi) is 4.00. The molecule has 0 N–H and O–H groups in total. The molecular weight excluding hydrogens is 250 g/mol. The maximum absolute atomic E-state index is 11.9. The zero-order valence-corrected chi connectivity index (χ0v) is 11.1. The number of ether oxygens (including phenoxy) is 2. The summed E-state index contributed by atoms with van der Waals surface area (Å²) in [6, 6.07) is 4.16. The van der Waals surface area contributed by atoms with Gasteiger partial charge in [-0.1, -0.05) is 0 Å². The summed E-state index contributed by atoms with van der Waals surface area (Å²) < 4.78 is 10.5. The van der Waals surface area contributed by atoms with E-state index in [0.29, 0.717) is 30.9 Å². The zero-order chi connectivity index (χ0) is 13.0. The maximum Gasteiger partial charge on any atom is 0.348 e. The summed E-state index contributed by atoms with van der Waals surface area (Å²) in [5, 5.41) is 11.1. The molecule has 4 nitrogen and oxygen atoms in total.